The zero-order chi connectivity index (χ0) is 12.2. The van der Waals surface area contributed by atoms with Crippen molar-refractivity contribution >= 4 is 0 Å². The molecule has 1 aliphatic rings. The fourth-order valence-corrected chi connectivity index (χ4v) is 2.39. The minimum Gasteiger partial charge on any atom is -0.343 e. The second-order valence-corrected chi connectivity index (χ2v) is 5.12. The van der Waals surface area contributed by atoms with Gasteiger partial charge in [0.1, 0.15) is 0 Å². The first-order valence-electron chi connectivity index (χ1n) is 6.17. The van der Waals surface area contributed by atoms with Crippen LogP contribution in [0.15, 0.2) is 0 Å². The number of ether oxygens (including phenoxy) is 3. The van der Waals surface area contributed by atoms with Crippen LogP contribution < -0.4 is 0 Å². The van der Waals surface area contributed by atoms with E-state index in [2.05, 4.69) is 21.1 Å². The van der Waals surface area contributed by atoms with Crippen molar-refractivity contribution in [3.05, 3.63) is 0 Å². The summed E-state index contributed by atoms with van der Waals surface area (Å²) in [4.78, 5) is 0. The quantitative estimate of drug-likeness (QED) is 0.532. The van der Waals surface area contributed by atoms with Crippen molar-refractivity contribution in [2.24, 2.45) is 0 Å². The molecular weight excluding hydrogens is 206 g/mol. The number of hydrogen-bond acceptors (Lipinski definition) is 3. The van der Waals surface area contributed by atoms with Crippen LogP contribution in [-0.4, -0.2) is 57.5 Å². The van der Waals surface area contributed by atoms with Crippen LogP contribution in [0, 0.1) is 0 Å². The maximum atomic E-state index is 5.89. The molecule has 96 valence electrons. The standard InChI is InChI=1S/C12H26NO3/c1-6-15-12(16-7-2)9-8-10-14-11(12)13(3,4)5/h11H,6-10H2,1-5H3/q+1. The Morgan fingerprint density at radius 3 is 2.19 bits per heavy atom. The van der Waals surface area contributed by atoms with E-state index in [1.54, 1.807) is 0 Å². The molecule has 0 bridgehead atoms. The van der Waals surface area contributed by atoms with E-state index in [1.165, 1.54) is 0 Å². The van der Waals surface area contributed by atoms with Gasteiger partial charge in [-0.25, -0.2) is 0 Å². The summed E-state index contributed by atoms with van der Waals surface area (Å²) in [6, 6.07) is 0. The van der Waals surface area contributed by atoms with Crippen LogP contribution in [0.2, 0.25) is 0 Å². The molecule has 1 atom stereocenters. The third-order valence-corrected chi connectivity index (χ3v) is 2.80. The number of rotatable bonds is 5. The normalized spacial score (nSPS) is 25.7. The maximum Gasteiger partial charge on any atom is 0.249 e. The summed E-state index contributed by atoms with van der Waals surface area (Å²) in [6.07, 6.45) is 1.85. The van der Waals surface area contributed by atoms with E-state index in [4.69, 9.17) is 14.2 Å². The molecule has 0 saturated carbocycles. The Labute approximate surface area is 99.1 Å². The monoisotopic (exact) mass is 232 g/mol. The second-order valence-electron chi connectivity index (χ2n) is 5.12. The Balaban J connectivity index is 2.90. The van der Waals surface area contributed by atoms with E-state index >= 15 is 0 Å². The Morgan fingerprint density at radius 1 is 1.19 bits per heavy atom. The molecule has 1 aliphatic heterocycles. The highest BCUT2D eigenvalue weighted by atomic mass is 16.7. The van der Waals surface area contributed by atoms with Gasteiger partial charge in [-0.1, -0.05) is 0 Å². The van der Waals surface area contributed by atoms with Gasteiger partial charge in [0.15, 0.2) is 0 Å². The molecule has 0 aromatic heterocycles. The number of quaternary nitrogens is 1. The predicted octanol–water partition coefficient (Wildman–Crippen LogP) is 1.60. The lowest BCUT2D eigenvalue weighted by Gasteiger charge is -2.47. The average molecular weight is 232 g/mol. The fraction of sp³-hybridized carbons (Fsp3) is 1.00. The highest BCUT2D eigenvalue weighted by Gasteiger charge is 2.51. The summed E-state index contributed by atoms with van der Waals surface area (Å²) in [5.74, 6) is -0.569. The molecule has 1 saturated heterocycles. The molecule has 0 spiro atoms. The number of likely N-dealkylation sites (N-methyl/N-ethyl adjacent to an activating group) is 1. The first-order chi connectivity index (χ1) is 7.46. The summed E-state index contributed by atoms with van der Waals surface area (Å²) in [5.41, 5.74) is 0. The van der Waals surface area contributed by atoms with Gasteiger partial charge in [0.05, 0.1) is 27.7 Å². The maximum absolute atomic E-state index is 5.89. The molecule has 0 aromatic carbocycles. The molecule has 0 aromatic rings. The molecule has 0 N–H and O–H groups in total. The molecule has 1 heterocycles. The molecular formula is C12H26NO3+. The van der Waals surface area contributed by atoms with E-state index in [0.29, 0.717) is 17.7 Å². The molecule has 1 unspecified atom stereocenters. The highest BCUT2D eigenvalue weighted by molar-refractivity contribution is 4.78. The molecule has 16 heavy (non-hydrogen) atoms. The largest absolute Gasteiger partial charge is 0.343 e. The van der Waals surface area contributed by atoms with Crippen LogP contribution in [0.4, 0.5) is 0 Å². The van der Waals surface area contributed by atoms with Gasteiger partial charge in [-0.3, -0.25) is 0 Å². The predicted molar refractivity (Wildman–Crippen MR) is 63.0 cm³/mol. The van der Waals surface area contributed by atoms with Gasteiger partial charge in [-0.05, 0) is 20.3 Å². The van der Waals surface area contributed by atoms with Gasteiger partial charge < -0.3 is 18.7 Å². The SMILES string of the molecule is CCOC1(OCC)CCCOC1[N+](C)(C)C. The Morgan fingerprint density at radius 2 is 1.75 bits per heavy atom. The van der Waals surface area contributed by atoms with E-state index in [1.807, 2.05) is 13.8 Å². The summed E-state index contributed by atoms with van der Waals surface area (Å²) in [6.45, 7) is 6.10. The van der Waals surface area contributed by atoms with Gasteiger partial charge in [0, 0.05) is 19.6 Å². The van der Waals surface area contributed by atoms with Gasteiger partial charge in [-0.2, -0.15) is 0 Å². The van der Waals surface area contributed by atoms with Crippen LogP contribution in [0.25, 0.3) is 0 Å². The Bertz CT molecular complexity index is 201. The van der Waals surface area contributed by atoms with Crippen LogP contribution >= 0.6 is 0 Å². The van der Waals surface area contributed by atoms with Gasteiger partial charge >= 0.3 is 0 Å². The number of nitrogens with zero attached hydrogens (tertiary/aromatic N) is 1. The molecule has 0 radical (unpaired) electrons. The fourth-order valence-electron chi connectivity index (χ4n) is 2.39. The van der Waals surface area contributed by atoms with Crippen molar-refractivity contribution < 1.29 is 18.7 Å². The van der Waals surface area contributed by atoms with Crippen molar-refractivity contribution in [2.45, 2.75) is 38.7 Å². The van der Waals surface area contributed by atoms with Gasteiger partial charge in [-0.15, -0.1) is 0 Å². The van der Waals surface area contributed by atoms with Gasteiger partial charge in [0.2, 0.25) is 12.0 Å². The molecule has 0 amide bonds. The average Bonchev–Trinajstić information content (AvgIpc) is 2.17. The molecule has 1 rings (SSSR count). The summed E-state index contributed by atoms with van der Waals surface area (Å²) in [5, 5.41) is 0. The van der Waals surface area contributed by atoms with E-state index < -0.39 is 5.79 Å². The lowest BCUT2D eigenvalue weighted by molar-refractivity contribution is -0.935. The second kappa shape index (κ2) is 5.45. The zero-order valence-corrected chi connectivity index (χ0v) is 11.3. The first-order valence-corrected chi connectivity index (χ1v) is 6.17. The highest BCUT2D eigenvalue weighted by Crippen LogP contribution is 2.34. The smallest absolute Gasteiger partial charge is 0.249 e. The zero-order valence-electron chi connectivity index (χ0n) is 11.3. The Hall–Kier alpha value is -0.160. The minimum absolute atomic E-state index is 0.0545. The molecule has 1 fully saturated rings. The van der Waals surface area contributed by atoms with E-state index in [9.17, 15) is 0 Å². The minimum atomic E-state index is -0.569. The third kappa shape index (κ3) is 2.94. The van der Waals surface area contributed by atoms with Crippen molar-refractivity contribution in [2.75, 3.05) is 41.0 Å². The van der Waals surface area contributed by atoms with Gasteiger partial charge in [0.25, 0.3) is 0 Å². The van der Waals surface area contributed by atoms with Crippen molar-refractivity contribution in [1.82, 2.24) is 0 Å². The number of hydrogen-bond donors (Lipinski definition) is 0. The van der Waals surface area contributed by atoms with Crippen LogP contribution in [0.3, 0.4) is 0 Å². The summed E-state index contributed by atoms with van der Waals surface area (Å²) < 4.78 is 18.4. The lowest BCUT2D eigenvalue weighted by Crippen LogP contribution is -2.64. The molecule has 4 nitrogen and oxygen atoms in total. The van der Waals surface area contributed by atoms with E-state index in [0.717, 1.165) is 19.4 Å². The first kappa shape index (κ1) is 13.9. The molecule has 4 heteroatoms. The van der Waals surface area contributed by atoms with Crippen molar-refractivity contribution in [3.63, 3.8) is 0 Å². The third-order valence-electron chi connectivity index (χ3n) is 2.80. The Kier molecular flexibility index (Phi) is 4.73. The van der Waals surface area contributed by atoms with Crippen molar-refractivity contribution in [1.29, 1.82) is 0 Å². The summed E-state index contributed by atoms with van der Waals surface area (Å²) >= 11 is 0. The molecule has 0 aliphatic carbocycles. The van der Waals surface area contributed by atoms with E-state index in [-0.39, 0.29) is 6.23 Å². The topological polar surface area (TPSA) is 27.7 Å². The summed E-state index contributed by atoms with van der Waals surface area (Å²) in [7, 11) is 6.34. The van der Waals surface area contributed by atoms with Crippen LogP contribution in [0.1, 0.15) is 26.7 Å². The van der Waals surface area contributed by atoms with Crippen molar-refractivity contribution in [3.8, 4) is 0 Å². The lowest BCUT2D eigenvalue weighted by atomic mass is 10.0. The van der Waals surface area contributed by atoms with Crippen LogP contribution in [-0.2, 0) is 14.2 Å². The van der Waals surface area contributed by atoms with Crippen LogP contribution in [0.5, 0.6) is 0 Å².